The summed E-state index contributed by atoms with van der Waals surface area (Å²) < 4.78 is 28.8. The fourth-order valence-corrected chi connectivity index (χ4v) is 7.78. The van der Waals surface area contributed by atoms with Crippen molar-refractivity contribution in [1.82, 2.24) is 19.2 Å². The van der Waals surface area contributed by atoms with Gasteiger partial charge in [-0.3, -0.25) is 4.90 Å². The SMILES string of the molecule is O=S(=O)(c1ccc2ccccc2c1)N1CCCC(N2CCC(Nc3nccc(N4CCCCCC4)n3)C2)C1. The highest BCUT2D eigenvalue weighted by molar-refractivity contribution is 7.89. The van der Waals surface area contributed by atoms with Gasteiger partial charge < -0.3 is 10.2 Å². The molecule has 1 N–H and O–H groups in total. The number of nitrogens with one attached hydrogen (secondary N) is 1. The van der Waals surface area contributed by atoms with Crippen LogP contribution in [-0.2, 0) is 10.0 Å². The number of aromatic nitrogens is 2. The summed E-state index contributed by atoms with van der Waals surface area (Å²) in [5, 5.41) is 5.58. The van der Waals surface area contributed by atoms with E-state index in [1.165, 1.54) is 25.7 Å². The van der Waals surface area contributed by atoms with E-state index in [0.717, 1.165) is 62.0 Å². The first-order chi connectivity index (χ1) is 18.6. The summed E-state index contributed by atoms with van der Waals surface area (Å²) >= 11 is 0. The van der Waals surface area contributed by atoms with Gasteiger partial charge in [0.05, 0.1) is 4.90 Å². The highest BCUT2D eigenvalue weighted by Crippen LogP contribution is 2.28. The lowest BCUT2D eigenvalue weighted by Gasteiger charge is -2.37. The average molecular weight is 535 g/mol. The highest BCUT2D eigenvalue weighted by atomic mass is 32.2. The molecular weight excluding hydrogens is 496 g/mol. The van der Waals surface area contributed by atoms with Gasteiger partial charge in [0, 0.05) is 57.5 Å². The maximum atomic E-state index is 13.6. The van der Waals surface area contributed by atoms with Crippen LogP contribution in [0.5, 0.6) is 0 Å². The average Bonchev–Trinajstić information content (AvgIpc) is 3.24. The summed E-state index contributed by atoms with van der Waals surface area (Å²) in [6.45, 7) is 5.09. The number of hydrogen-bond donors (Lipinski definition) is 1. The monoisotopic (exact) mass is 534 g/mol. The van der Waals surface area contributed by atoms with Gasteiger partial charge in [-0.1, -0.05) is 43.2 Å². The molecular formula is C29H38N6O2S. The van der Waals surface area contributed by atoms with Crippen LogP contribution in [0.2, 0.25) is 0 Å². The van der Waals surface area contributed by atoms with Crippen molar-refractivity contribution in [2.24, 2.45) is 0 Å². The summed E-state index contributed by atoms with van der Waals surface area (Å²) in [7, 11) is -3.53. The Labute approximate surface area is 226 Å². The van der Waals surface area contributed by atoms with Crippen molar-refractivity contribution in [2.45, 2.75) is 61.9 Å². The third-order valence-electron chi connectivity index (χ3n) is 8.36. The summed E-state index contributed by atoms with van der Waals surface area (Å²) in [6.07, 6.45) is 9.81. The van der Waals surface area contributed by atoms with Gasteiger partial charge >= 0.3 is 0 Å². The molecule has 4 heterocycles. The molecule has 1 aromatic heterocycles. The minimum Gasteiger partial charge on any atom is -0.356 e. The molecule has 3 saturated heterocycles. The fourth-order valence-electron chi connectivity index (χ4n) is 6.23. The normalized spacial score (nSPS) is 23.9. The van der Waals surface area contributed by atoms with Crippen molar-refractivity contribution in [3.63, 3.8) is 0 Å². The van der Waals surface area contributed by atoms with Crippen LogP contribution in [0.25, 0.3) is 10.8 Å². The number of nitrogens with zero attached hydrogens (tertiary/aromatic N) is 5. The Hall–Kier alpha value is -2.75. The van der Waals surface area contributed by atoms with Crippen LogP contribution in [0.4, 0.5) is 11.8 Å². The largest absolute Gasteiger partial charge is 0.356 e. The number of sulfonamides is 1. The molecule has 3 aliphatic rings. The topological polar surface area (TPSA) is 81.7 Å². The molecule has 8 nitrogen and oxygen atoms in total. The Morgan fingerprint density at radius 2 is 1.63 bits per heavy atom. The van der Waals surface area contributed by atoms with Gasteiger partial charge in [-0.25, -0.2) is 13.4 Å². The number of likely N-dealkylation sites (tertiary alicyclic amines) is 1. The van der Waals surface area contributed by atoms with Crippen LogP contribution >= 0.6 is 0 Å². The van der Waals surface area contributed by atoms with Crippen LogP contribution in [-0.4, -0.2) is 78.9 Å². The molecule has 0 radical (unpaired) electrons. The second-order valence-electron chi connectivity index (χ2n) is 10.9. The summed E-state index contributed by atoms with van der Waals surface area (Å²) in [6, 6.07) is 15.9. The van der Waals surface area contributed by atoms with Crippen molar-refractivity contribution < 1.29 is 8.42 Å². The van der Waals surface area contributed by atoms with Crippen molar-refractivity contribution in [2.75, 3.05) is 49.5 Å². The zero-order valence-electron chi connectivity index (χ0n) is 22.0. The number of benzene rings is 2. The van der Waals surface area contributed by atoms with E-state index in [0.29, 0.717) is 23.9 Å². The Morgan fingerprint density at radius 1 is 0.816 bits per heavy atom. The molecule has 3 fully saturated rings. The molecule has 0 bridgehead atoms. The Morgan fingerprint density at radius 3 is 2.47 bits per heavy atom. The smallest absolute Gasteiger partial charge is 0.243 e. The van der Waals surface area contributed by atoms with E-state index in [9.17, 15) is 8.42 Å². The van der Waals surface area contributed by atoms with E-state index in [1.807, 2.05) is 48.7 Å². The van der Waals surface area contributed by atoms with Crippen molar-refractivity contribution in [3.8, 4) is 0 Å². The van der Waals surface area contributed by atoms with Crippen LogP contribution in [0.15, 0.2) is 59.6 Å². The summed E-state index contributed by atoms with van der Waals surface area (Å²) in [5.74, 6) is 1.71. The molecule has 2 unspecified atom stereocenters. The van der Waals surface area contributed by atoms with E-state index >= 15 is 0 Å². The molecule has 9 heteroatoms. The van der Waals surface area contributed by atoms with Crippen LogP contribution in [0.1, 0.15) is 44.9 Å². The summed E-state index contributed by atoms with van der Waals surface area (Å²) in [5.41, 5.74) is 0. The predicted octanol–water partition coefficient (Wildman–Crippen LogP) is 4.35. The van der Waals surface area contributed by atoms with Gasteiger partial charge in [0.15, 0.2) is 0 Å². The molecule has 6 rings (SSSR count). The molecule has 0 aliphatic carbocycles. The zero-order chi connectivity index (χ0) is 26.0. The minimum atomic E-state index is -3.53. The number of rotatable bonds is 6. The molecule has 3 aromatic rings. The van der Waals surface area contributed by atoms with Gasteiger partial charge in [0.2, 0.25) is 16.0 Å². The zero-order valence-corrected chi connectivity index (χ0v) is 22.8. The van der Waals surface area contributed by atoms with Crippen LogP contribution < -0.4 is 10.2 Å². The van der Waals surface area contributed by atoms with Crippen molar-refractivity contribution in [3.05, 3.63) is 54.7 Å². The second-order valence-corrected chi connectivity index (χ2v) is 12.9. The lowest BCUT2D eigenvalue weighted by atomic mass is 10.1. The van der Waals surface area contributed by atoms with E-state index in [1.54, 1.807) is 10.4 Å². The fraction of sp³-hybridized carbons (Fsp3) is 0.517. The maximum absolute atomic E-state index is 13.6. The quantitative estimate of drug-likeness (QED) is 0.504. The van der Waals surface area contributed by atoms with E-state index < -0.39 is 10.0 Å². The highest BCUT2D eigenvalue weighted by Gasteiger charge is 2.36. The first-order valence-electron chi connectivity index (χ1n) is 14.1. The third kappa shape index (κ3) is 5.51. The number of piperidine rings is 1. The Balaban J connectivity index is 1.09. The number of hydrogen-bond acceptors (Lipinski definition) is 7. The van der Waals surface area contributed by atoms with Gasteiger partial charge in [0.25, 0.3) is 0 Å². The molecule has 202 valence electrons. The first kappa shape index (κ1) is 25.5. The molecule has 2 atom stereocenters. The third-order valence-corrected chi connectivity index (χ3v) is 10.2. The number of fused-ring (bicyclic) bond motifs is 1. The van der Waals surface area contributed by atoms with Gasteiger partial charge in [0.1, 0.15) is 5.82 Å². The molecule has 0 saturated carbocycles. The first-order valence-corrected chi connectivity index (χ1v) is 15.6. The molecule has 2 aromatic carbocycles. The van der Waals surface area contributed by atoms with E-state index in [4.69, 9.17) is 4.98 Å². The molecule has 3 aliphatic heterocycles. The molecule has 38 heavy (non-hydrogen) atoms. The summed E-state index contributed by atoms with van der Waals surface area (Å²) in [4.78, 5) is 14.6. The molecule has 0 amide bonds. The van der Waals surface area contributed by atoms with Crippen molar-refractivity contribution in [1.29, 1.82) is 0 Å². The standard InChI is InChI=1S/C29H38N6O2S/c36-38(37,27-12-11-23-8-3-4-9-24(23)20-27)35-18-7-10-26(22-35)34-19-14-25(21-34)31-29-30-15-13-28(32-29)33-16-5-1-2-6-17-33/h3-4,8-9,11-13,15,20,25-26H,1-2,5-7,10,14,16-19,21-22H2,(H,30,31,32). The maximum Gasteiger partial charge on any atom is 0.243 e. The van der Waals surface area contributed by atoms with Gasteiger partial charge in [-0.05, 0) is 61.1 Å². The minimum absolute atomic E-state index is 0.232. The lowest BCUT2D eigenvalue weighted by Crippen LogP contribution is -2.49. The predicted molar refractivity (Wildman–Crippen MR) is 152 cm³/mol. The lowest BCUT2D eigenvalue weighted by molar-refractivity contribution is 0.161. The Kier molecular flexibility index (Phi) is 7.50. The second kappa shape index (κ2) is 11.2. The van der Waals surface area contributed by atoms with E-state index in [-0.39, 0.29) is 12.1 Å². The molecule has 0 spiro atoms. The van der Waals surface area contributed by atoms with Crippen molar-refractivity contribution >= 4 is 32.6 Å². The van der Waals surface area contributed by atoms with Gasteiger partial charge in [-0.2, -0.15) is 9.29 Å². The van der Waals surface area contributed by atoms with E-state index in [2.05, 4.69) is 20.1 Å². The van der Waals surface area contributed by atoms with Crippen LogP contribution in [0, 0.1) is 0 Å². The van der Waals surface area contributed by atoms with Crippen LogP contribution in [0.3, 0.4) is 0 Å². The number of anilines is 2. The Bertz CT molecular complexity index is 1360. The van der Waals surface area contributed by atoms with Gasteiger partial charge in [-0.15, -0.1) is 0 Å².